The minimum absolute atomic E-state index is 0.0450. The number of methoxy groups -OCH3 is 1. The van der Waals surface area contributed by atoms with Crippen LogP contribution in [0.1, 0.15) is 23.1 Å². The Balaban J connectivity index is 2.17. The third-order valence-electron chi connectivity index (χ3n) is 3.48. The molecule has 1 heterocycles. The number of aliphatic carboxylic acids is 1. The predicted molar refractivity (Wildman–Crippen MR) is 90.9 cm³/mol. The number of nitrogens with one attached hydrogen (secondary N) is 1. The van der Waals surface area contributed by atoms with Crippen LogP contribution in [0.2, 0.25) is 0 Å². The first-order valence-corrected chi connectivity index (χ1v) is 7.89. The van der Waals surface area contributed by atoms with Crippen LogP contribution >= 0.6 is 11.8 Å². The van der Waals surface area contributed by atoms with E-state index in [1.165, 1.54) is 13.3 Å². The Morgan fingerprint density at radius 3 is 2.83 bits per heavy atom. The lowest BCUT2D eigenvalue weighted by Gasteiger charge is -2.11. The summed E-state index contributed by atoms with van der Waals surface area (Å²) in [7, 11) is 1.47. The zero-order chi connectivity index (χ0) is 17.9. The van der Waals surface area contributed by atoms with Crippen molar-refractivity contribution in [2.45, 2.75) is 25.5 Å². The molecule has 8 nitrogen and oxygen atoms in total. The minimum atomic E-state index is -1.06. The summed E-state index contributed by atoms with van der Waals surface area (Å²) in [6.07, 6.45) is 1.06. The van der Waals surface area contributed by atoms with Crippen molar-refractivity contribution in [3.05, 3.63) is 22.8 Å². The third-order valence-corrected chi connectivity index (χ3v) is 4.55. The average molecular weight is 351 g/mol. The number of benzene rings is 1. The average Bonchev–Trinajstić information content (AvgIpc) is 2.84. The van der Waals surface area contributed by atoms with Crippen molar-refractivity contribution in [3.63, 3.8) is 0 Å². The number of hydrogen-bond acceptors (Lipinski definition) is 7. The summed E-state index contributed by atoms with van der Waals surface area (Å²) in [6, 6.07) is 1.74. The monoisotopic (exact) mass is 351 g/mol. The number of carboxylic acids is 1. The highest BCUT2D eigenvalue weighted by atomic mass is 32.2. The summed E-state index contributed by atoms with van der Waals surface area (Å²) >= 11 is 1.01. The molecule has 1 aromatic rings. The Kier molecular flexibility index (Phi) is 5.45. The lowest BCUT2D eigenvalue weighted by molar-refractivity contribution is -0.138. The number of carboxylic acid groups (broad SMARTS) is 1. The number of carbonyl (C=O) groups is 2. The Hall–Kier alpha value is -2.55. The van der Waals surface area contributed by atoms with E-state index in [0.29, 0.717) is 11.3 Å². The van der Waals surface area contributed by atoms with Gasteiger partial charge >= 0.3 is 5.97 Å². The van der Waals surface area contributed by atoms with Gasteiger partial charge in [-0.3, -0.25) is 9.59 Å². The molecule has 0 aromatic heterocycles. The number of carbonyl (C=O) groups excluding carboxylic acids is 1. The minimum Gasteiger partial charge on any atom is -0.504 e. The molecular weight excluding hydrogens is 334 g/mol. The summed E-state index contributed by atoms with van der Waals surface area (Å²) < 4.78 is 5.18. The van der Waals surface area contributed by atoms with E-state index in [4.69, 9.17) is 9.84 Å². The number of phenolic OH excluding ortho intramolecular Hbond substituents is 1. The maximum absolute atomic E-state index is 11.6. The first-order valence-electron chi connectivity index (χ1n) is 7.01. The topological polar surface area (TPSA) is 121 Å². The molecule has 1 amide bonds. The summed E-state index contributed by atoms with van der Waals surface area (Å²) in [5, 5.41) is 28.6. The van der Waals surface area contributed by atoms with Gasteiger partial charge in [-0.1, -0.05) is 11.8 Å². The van der Waals surface area contributed by atoms with E-state index < -0.39 is 17.1 Å². The van der Waals surface area contributed by atoms with Gasteiger partial charge in [0.05, 0.1) is 19.7 Å². The second-order valence-electron chi connectivity index (χ2n) is 5.13. The van der Waals surface area contributed by atoms with Gasteiger partial charge in [0.1, 0.15) is 5.25 Å². The second kappa shape index (κ2) is 7.35. The molecular formula is C15H17N3O5S. The molecule has 128 valence electrons. The van der Waals surface area contributed by atoms with E-state index in [0.717, 1.165) is 22.9 Å². The van der Waals surface area contributed by atoms with Gasteiger partial charge in [-0.05, 0) is 31.0 Å². The molecule has 1 saturated heterocycles. The van der Waals surface area contributed by atoms with Crippen LogP contribution in [0.25, 0.3) is 0 Å². The first-order chi connectivity index (χ1) is 11.3. The molecule has 0 bridgehead atoms. The van der Waals surface area contributed by atoms with Crippen LogP contribution < -0.4 is 10.1 Å². The number of nitrogens with zero attached hydrogens (tertiary/aromatic N) is 2. The summed E-state index contributed by atoms with van der Waals surface area (Å²) in [6.45, 7) is 3.71. The van der Waals surface area contributed by atoms with Gasteiger partial charge in [-0.15, -0.1) is 5.10 Å². The SMILES string of the molecule is COc1c(C)c(C)cc(C=NN=C2NC(=O)C(CC(=O)O)S2)c1O. The predicted octanol–water partition coefficient (Wildman–Crippen LogP) is 1.41. The van der Waals surface area contributed by atoms with Crippen LogP contribution in [-0.4, -0.2) is 45.8 Å². The lowest BCUT2D eigenvalue weighted by Crippen LogP contribution is -2.26. The van der Waals surface area contributed by atoms with Gasteiger partial charge in [-0.2, -0.15) is 5.10 Å². The van der Waals surface area contributed by atoms with Crippen molar-refractivity contribution in [2.24, 2.45) is 10.2 Å². The second-order valence-corrected chi connectivity index (χ2v) is 6.32. The number of hydrogen-bond donors (Lipinski definition) is 3. The van der Waals surface area contributed by atoms with Crippen LogP contribution in [0.3, 0.4) is 0 Å². The van der Waals surface area contributed by atoms with Crippen molar-refractivity contribution in [3.8, 4) is 11.5 Å². The number of ether oxygens (including phenoxy) is 1. The molecule has 24 heavy (non-hydrogen) atoms. The standard InChI is InChI=1S/C15H17N3O5S/c1-7-4-9(12(21)13(23-3)8(7)2)6-16-18-15-17-14(22)10(24-15)5-11(19)20/h4,6,10,21H,5H2,1-3H3,(H,19,20)(H,17,18,22). The molecule has 1 aliphatic heterocycles. The fraction of sp³-hybridized carbons (Fsp3) is 0.333. The molecule has 0 radical (unpaired) electrons. The van der Waals surface area contributed by atoms with Crippen LogP contribution in [0, 0.1) is 13.8 Å². The molecule has 1 fully saturated rings. The maximum Gasteiger partial charge on any atom is 0.305 e. The third kappa shape index (κ3) is 3.85. The number of rotatable bonds is 5. The molecule has 0 aliphatic carbocycles. The van der Waals surface area contributed by atoms with Crippen molar-refractivity contribution in [1.82, 2.24) is 5.32 Å². The number of thioether (sulfide) groups is 1. The molecule has 3 N–H and O–H groups in total. The van der Waals surface area contributed by atoms with Gasteiger partial charge in [0, 0.05) is 5.56 Å². The number of phenols is 1. The number of amides is 1. The van der Waals surface area contributed by atoms with E-state index in [2.05, 4.69) is 15.5 Å². The van der Waals surface area contributed by atoms with E-state index in [9.17, 15) is 14.7 Å². The van der Waals surface area contributed by atoms with Gasteiger partial charge in [0.2, 0.25) is 5.91 Å². The number of amidine groups is 1. The largest absolute Gasteiger partial charge is 0.504 e. The Morgan fingerprint density at radius 1 is 1.50 bits per heavy atom. The van der Waals surface area contributed by atoms with Gasteiger partial charge in [0.15, 0.2) is 16.7 Å². The molecule has 1 aliphatic rings. The lowest BCUT2D eigenvalue weighted by atomic mass is 10.0. The molecule has 1 atom stereocenters. The highest BCUT2D eigenvalue weighted by Crippen LogP contribution is 2.34. The van der Waals surface area contributed by atoms with Crippen LogP contribution in [-0.2, 0) is 9.59 Å². The summed E-state index contributed by atoms with van der Waals surface area (Å²) in [5.41, 5.74) is 2.17. The molecule has 1 aromatic carbocycles. The Bertz CT molecular complexity index is 745. The van der Waals surface area contributed by atoms with Crippen molar-refractivity contribution < 1.29 is 24.5 Å². The summed E-state index contributed by atoms with van der Waals surface area (Å²) in [4.78, 5) is 22.2. The number of aromatic hydroxyl groups is 1. The normalized spacial score (nSPS) is 19.0. The quantitative estimate of drug-likeness (QED) is 0.545. The van der Waals surface area contributed by atoms with E-state index >= 15 is 0 Å². The zero-order valence-corrected chi connectivity index (χ0v) is 14.2. The van der Waals surface area contributed by atoms with Crippen LogP contribution in [0.15, 0.2) is 16.3 Å². The smallest absolute Gasteiger partial charge is 0.305 e. The van der Waals surface area contributed by atoms with Crippen molar-refractivity contribution >= 4 is 35.0 Å². The molecule has 0 saturated carbocycles. The molecule has 9 heteroatoms. The highest BCUT2D eigenvalue weighted by molar-refractivity contribution is 8.15. The van der Waals surface area contributed by atoms with Gasteiger partial charge in [0.25, 0.3) is 0 Å². The van der Waals surface area contributed by atoms with E-state index in [1.807, 2.05) is 13.8 Å². The molecule has 1 unspecified atom stereocenters. The van der Waals surface area contributed by atoms with E-state index in [1.54, 1.807) is 6.07 Å². The highest BCUT2D eigenvalue weighted by Gasteiger charge is 2.32. The Morgan fingerprint density at radius 2 is 2.21 bits per heavy atom. The van der Waals surface area contributed by atoms with Crippen LogP contribution in [0.4, 0.5) is 0 Å². The molecule has 0 spiro atoms. The fourth-order valence-corrected chi connectivity index (χ4v) is 3.05. The first kappa shape index (κ1) is 17.8. The van der Waals surface area contributed by atoms with Gasteiger partial charge in [-0.25, -0.2) is 0 Å². The molecule has 2 rings (SSSR count). The summed E-state index contributed by atoms with van der Waals surface area (Å²) in [5.74, 6) is -1.14. The van der Waals surface area contributed by atoms with Crippen LogP contribution in [0.5, 0.6) is 11.5 Å². The Labute approximate surface area is 142 Å². The van der Waals surface area contributed by atoms with Crippen molar-refractivity contribution in [2.75, 3.05) is 7.11 Å². The van der Waals surface area contributed by atoms with E-state index in [-0.39, 0.29) is 17.3 Å². The van der Waals surface area contributed by atoms with Crippen molar-refractivity contribution in [1.29, 1.82) is 0 Å². The number of aryl methyl sites for hydroxylation is 1. The van der Waals surface area contributed by atoms with Gasteiger partial charge < -0.3 is 20.3 Å². The fourth-order valence-electron chi connectivity index (χ4n) is 2.13. The maximum atomic E-state index is 11.6. The zero-order valence-electron chi connectivity index (χ0n) is 13.4.